The van der Waals surface area contributed by atoms with E-state index in [-0.39, 0.29) is 35.2 Å². The van der Waals surface area contributed by atoms with Crippen molar-refractivity contribution >= 4 is 29.9 Å². The molecule has 1 heterocycles. The van der Waals surface area contributed by atoms with Gasteiger partial charge in [-0.05, 0) is 43.9 Å². The lowest BCUT2D eigenvalue weighted by Crippen LogP contribution is -2.38. The maximum Gasteiger partial charge on any atom is 0.191 e. The Morgan fingerprint density at radius 1 is 1.27 bits per heavy atom. The molecule has 1 aromatic carbocycles. The zero-order chi connectivity index (χ0) is 17.5. The van der Waals surface area contributed by atoms with E-state index in [2.05, 4.69) is 15.7 Å². The van der Waals surface area contributed by atoms with Gasteiger partial charge in [0, 0.05) is 37.4 Å². The van der Waals surface area contributed by atoms with Crippen molar-refractivity contribution < 1.29 is 4.39 Å². The fraction of sp³-hybridized carbons (Fsp3) is 0.474. The maximum atomic E-state index is 14.1. The van der Waals surface area contributed by atoms with Crippen molar-refractivity contribution in [2.75, 3.05) is 19.6 Å². The normalized spacial score (nSPS) is 15.2. The fourth-order valence-corrected chi connectivity index (χ4v) is 3.01. The minimum atomic E-state index is -0.122. The molecular formula is C19H27FIN5. The maximum absolute atomic E-state index is 14.1. The number of nitrogens with one attached hydrogen (secondary N) is 2. The van der Waals surface area contributed by atoms with Crippen molar-refractivity contribution in [2.24, 2.45) is 4.99 Å². The Labute approximate surface area is 171 Å². The van der Waals surface area contributed by atoms with Crippen LogP contribution in [0.5, 0.6) is 0 Å². The summed E-state index contributed by atoms with van der Waals surface area (Å²) in [7, 11) is 0. The van der Waals surface area contributed by atoms with E-state index in [1.165, 1.54) is 6.07 Å². The number of aromatic nitrogens is 2. The first-order valence-electron chi connectivity index (χ1n) is 8.98. The first-order valence-corrected chi connectivity index (χ1v) is 8.98. The van der Waals surface area contributed by atoms with E-state index in [0.29, 0.717) is 6.54 Å². The highest BCUT2D eigenvalue weighted by molar-refractivity contribution is 14.0. The first kappa shape index (κ1) is 20.7. The molecule has 1 saturated carbocycles. The Hall–Kier alpha value is -1.64. The van der Waals surface area contributed by atoms with Gasteiger partial charge in [-0.15, -0.1) is 24.0 Å². The third kappa shape index (κ3) is 5.43. The number of rotatable bonds is 8. The number of halogens is 2. The molecule has 26 heavy (non-hydrogen) atoms. The van der Waals surface area contributed by atoms with Crippen LogP contribution in [0.2, 0.25) is 0 Å². The van der Waals surface area contributed by atoms with Gasteiger partial charge < -0.3 is 10.6 Å². The molecule has 0 unspecified atom stereocenters. The lowest BCUT2D eigenvalue weighted by atomic mass is 9.95. The summed E-state index contributed by atoms with van der Waals surface area (Å²) in [5.41, 5.74) is 0.677. The summed E-state index contributed by atoms with van der Waals surface area (Å²) in [6, 6.07) is 9.00. The molecule has 0 aliphatic heterocycles. The summed E-state index contributed by atoms with van der Waals surface area (Å²) >= 11 is 0. The predicted octanol–water partition coefficient (Wildman–Crippen LogP) is 3.32. The molecule has 5 nitrogen and oxygen atoms in total. The lowest BCUT2D eigenvalue weighted by molar-refractivity contribution is 0.565. The monoisotopic (exact) mass is 471 g/mol. The highest BCUT2D eigenvalue weighted by atomic mass is 127. The second-order valence-electron chi connectivity index (χ2n) is 6.50. The van der Waals surface area contributed by atoms with Crippen LogP contribution in [0, 0.1) is 5.82 Å². The van der Waals surface area contributed by atoms with Gasteiger partial charge in [0.2, 0.25) is 0 Å². The molecule has 0 amide bonds. The van der Waals surface area contributed by atoms with Crippen LogP contribution in [0.4, 0.5) is 4.39 Å². The Kier molecular flexibility index (Phi) is 7.86. The van der Waals surface area contributed by atoms with Crippen molar-refractivity contribution in [1.82, 2.24) is 20.4 Å². The van der Waals surface area contributed by atoms with Gasteiger partial charge in [0.05, 0.1) is 6.54 Å². The molecule has 0 spiro atoms. The molecule has 0 bridgehead atoms. The van der Waals surface area contributed by atoms with Gasteiger partial charge in [-0.2, -0.15) is 5.10 Å². The molecule has 0 atom stereocenters. The van der Waals surface area contributed by atoms with Gasteiger partial charge >= 0.3 is 0 Å². The van der Waals surface area contributed by atoms with Crippen LogP contribution in [0.3, 0.4) is 0 Å². The summed E-state index contributed by atoms with van der Waals surface area (Å²) in [5.74, 6) is 0.679. The molecule has 3 rings (SSSR count). The van der Waals surface area contributed by atoms with Gasteiger partial charge in [0.25, 0.3) is 0 Å². The Morgan fingerprint density at radius 2 is 2.08 bits per heavy atom. The van der Waals surface area contributed by atoms with Gasteiger partial charge in [0.15, 0.2) is 5.96 Å². The molecular weight excluding hydrogens is 444 g/mol. The highest BCUT2D eigenvalue weighted by Gasteiger charge is 2.45. The molecule has 7 heteroatoms. The lowest BCUT2D eigenvalue weighted by Gasteiger charge is -2.16. The van der Waals surface area contributed by atoms with Crippen LogP contribution in [-0.4, -0.2) is 35.4 Å². The standard InChI is InChI=1S/C19H26FN5.HI/c1-2-21-18(22-11-5-13-25-14-6-12-24-25)23-15-19(9-10-19)16-7-3-4-8-17(16)20;/h3-4,6-8,12,14H,2,5,9-11,13,15H2,1H3,(H2,21,22,23);1H. The molecule has 142 valence electrons. The number of benzene rings is 1. The van der Waals surface area contributed by atoms with E-state index in [0.717, 1.165) is 50.4 Å². The van der Waals surface area contributed by atoms with E-state index in [9.17, 15) is 4.39 Å². The summed E-state index contributed by atoms with van der Waals surface area (Å²) in [6.45, 7) is 5.15. The topological polar surface area (TPSA) is 54.2 Å². The zero-order valence-corrected chi connectivity index (χ0v) is 17.4. The van der Waals surface area contributed by atoms with Crippen molar-refractivity contribution in [1.29, 1.82) is 0 Å². The molecule has 2 N–H and O–H groups in total. The van der Waals surface area contributed by atoms with Crippen LogP contribution in [0.1, 0.15) is 31.7 Å². The summed E-state index contributed by atoms with van der Waals surface area (Å²) in [5, 5.41) is 10.8. The highest BCUT2D eigenvalue weighted by Crippen LogP contribution is 2.49. The smallest absolute Gasteiger partial charge is 0.191 e. The Bertz CT molecular complexity index is 698. The minimum absolute atomic E-state index is 0. The summed E-state index contributed by atoms with van der Waals surface area (Å²) < 4.78 is 16.0. The van der Waals surface area contributed by atoms with Crippen LogP contribution >= 0.6 is 24.0 Å². The first-order chi connectivity index (χ1) is 12.2. The Morgan fingerprint density at radius 3 is 2.73 bits per heavy atom. The molecule has 1 aliphatic rings. The third-order valence-corrected chi connectivity index (χ3v) is 4.60. The zero-order valence-electron chi connectivity index (χ0n) is 15.1. The van der Waals surface area contributed by atoms with E-state index in [4.69, 9.17) is 4.99 Å². The van der Waals surface area contributed by atoms with Gasteiger partial charge in [-0.25, -0.2) is 4.39 Å². The number of hydrogen-bond acceptors (Lipinski definition) is 2. The fourth-order valence-electron chi connectivity index (χ4n) is 3.01. The van der Waals surface area contributed by atoms with E-state index < -0.39 is 0 Å². The van der Waals surface area contributed by atoms with Crippen LogP contribution in [-0.2, 0) is 12.0 Å². The average Bonchev–Trinajstić information content (AvgIpc) is 3.22. The molecule has 1 aliphatic carbocycles. The van der Waals surface area contributed by atoms with Crippen LogP contribution in [0.25, 0.3) is 0 Å². The molecule has 2 aromatic rings. The Balaban J connectivity index is 0.00000243. The SMILES string of the molecule is CCNC(=NCC1(c2ccccc2F)CC1)NCCCn1cccn1.I. The van der Waals surface area contributed by atoms with Gasteiger partial charge in [-0.3, -0.25) is 9.67 Å². The van der Waals surface area contributed by atoms with Crippen molar-refractivity contribution in [3.8, 4) is 0 Å². The summed E-state index contributed by atoms with van der Waals surface area (Å²) in [4.78, 5) is 4.71. The van der Waals surface area contributed by atoms with E-state index in [1.807, 2.05) is 36.0 Å². The quantitative estimate of drug-likeness (QED) is 0.269. The molecule has 0 radical (unpaired) electrons. The van der Waals surface area contributed by atoms with Gasteiger partial charge in [-0.1, -0.05) is 18.2 Å². The third-order valence-electron chi connectivity index (χ3n) is 4.60. The predicted molar refractivity (Wildman–Crippen MR) is 114 cm³/mol. The van der Waals surface area contributed by atoms with Crippen LogP contribution in [0.15, 0.2) is 47.7 Å². The summed E-state index contributed by atoms with van der Waals surface area (Å²) in [6.07, 6.45) is 6.71. The molecule has 1 fully saturated rings. The van der Waals surface area contributed by atoms with E-state index >= 15 is 0 Å². The minimum Gasteiger partial charge on any atom is -0.357 e. The largest absolute Gasteiger partial charge is 0.357 e. The van der Waals surface area contributed by atoms with Crippen LogP contribution < -0.4 is 10.6 Å². The number of guanidine groups is 1. The van der Waals surface area contributed by atoms with Crippen molar-refractivity contribution in [3.05, 3.63) is 54.1 Å². The molecule has 1 aromatic heterocycles. The number of aliphatic imine (C=N–C) groups is 1. The van der Waals surface area contributed by atoms with Crippen molar-refractivity contribution in [3.63, 3.8) is 0 Å². The second kappa shape index (κ2) is 9.89. The van der Waals surface area contributed by atoms with E-state index in [1.54, 1.807) is 12.3 Å². The molecule has 0 saturated heterocycles. The number of hydrogen-bond donors (Lipinski definition) is 2. The average molecular weight is 471 g/mol. The van der Waals surface area contributed by atoms with Crippen molar-refractivity contribution in [2.45, 2.75) is 38.1 Å². The number of nitrogens with zero attached hydrogens (tertiary/aromatic N) is 3. The number of aryl methyl sites for hydroxylation is 1. The second-order valence-corrected chi connectivity index (χ2v) is 6.50. The van der Waals surface area contributed by atoms with Gasteiger partial charge in [0.1, 0.15) is 5.82 Å².